The van der Waals surface area contributed by atoms with Crippen molar-refractivity contribution in [1.29, 1.82) is 0 Å². The van der Waals surface area contributed by atoms with E-state index in [1.165, 1.54) is 0 Å². The van der Waals surface area contributed by atoms with Gasteiger partial charge in [0.2, 0.25) is 0 Å². The molecule has 5 heteroatoms. The molecule has 2 saturated carbocycles. The third-order valence-corrected chi connectivity index (χ3v) is 6.18. The van der Waals surface area contributed by atoms with Crippen molar-refractivity contribution in [3.8, 4) is 0 Å². The van der Waals surface area contributed by atoms with Gasteiger partial charge in [0.1, 0.15) is 6.61 Å². The quantitative estimate of drug-likeness (QED) is 0.594. The number of fused-ring (bicyclic) bond motifs is 1. The molecule has 2 fully saturated rings. The van der Waals surface area contributed by atoms with Crippen LogP contribution in [0.3, 0.4) is 0 Å². The van der Waals surface area contributed by atoms with Crippen LogP contribution in [0, 0.1) is 35.5 Å². The van der Waals surface area contributed by atoms with E-state index in [9.17, 15) is 9.59 Å². The standard InChI is InChI=1S/C20H21ClO4/c1-2-24-19(22)17-12-7-8-13(15-9-14(12)15)18(17)20(23)25-10-11-5-3-4-6-16(11)21/h3-8,12-15,17-18H,2,9-10H2,1H3/t12-,13-,14-,15-,17+,18+/m1/s1. The van der Waals surface area contributed by atoms with Crippen LogP contribution in [-0.4, -0.2) is 18.5 Å². The van der Waals surface area contributed by atoms with E-state index in [4.69, 9.17) is 21.1 Å². The Balaban J connectivity index is 1.52. The Kier molecular flexibility index (Phi) is 4.32. The van der Waals surface area contributed by atoms with E-state index in [0.29, 0.717) is 23.5 Å². The third-order valence-electron chi connectivity index (χ3n) is 5.81. The van der Waals surface area contributed by atoms with Crippen molar-refractivity contribution in [2.45, 2.75) is 20.0 Å². The number of benzene rings is 1. The number of ether oxygens (including phenoxy) is 2. The Bertz CT molecular complexity index is 728. The molecule has 132 valence electrons. The summed E-state index contributed by atoms with van der Waals surface area (Å²) in [6.45, 7) is 2.24. The number of carbonyl (C=O) groups excluding carboxylic acids is 2. The van der Waals surface area contributed by atoms with Crippen LogP contribution in [0.25, 0.3) is 0 Å². The Labute approximate surface area is 152 Å². The van der Waals surface area contributed by atoms with Crippen molar-refractivity contribution in [3.05, 3.63) is 47.0 Å². The molecular formula is C20H21ClO4. The highest BCUT2D eigenvalue weighted by atomic mass is 35.5. The first-order valence-electron chi connectivity index (χ1n) is 8.86. The van der Waals surface area contributed by atoms with Crippen LogP contribution in [-0.2, 0) is 25.7 Å². The van der Waals surface area contributed by atoms with Crippen LogP contribution in [0.15, 0.2) is 36.4 Å². The Morgan fingerprint density at radius 2 is 1.64 bits per heavy atom. The fraction of sp³-hybridized carbons (Fsp3) is 0.500. The van der Waals surface area contributed by atoms with Crippen molar-refractivity contribution >= 4 is 23.5 Å². The molecule has 0 spiro atoms. The maximum absolute atomic E-state index is 12.8. The highest BCUT2D eigenvalue weighted by Crippen LogP contribution is 2.63. The zero-order valence-corrected chi connectivity index (χ0v) is 14.8. The Morgan fingerprint density at radius 1 is 1.04 bits per heavy atom. The van der Waals surface area contributed by atoms with E-state index in [1.54, 1.807) is 13.0 Å². The summed E-state index contributed by atoms with van der Waals surface area (Å²) in [5.41, 5.74) is 0.769. The van der Waals surface area contributed by atoms with E-state index in [1.807, 2.05) is 18.2 Å². The van der Waals surface area contributed by atoms with Crippen molar-refractivity contribution in [2.75, 3.05) is 6.61 Å². The first kappa shape index (κ1) is 16.6. The second-order valence-electron chi connectivity index (χ2n) is 7.11. The van der Waals surface area contributed by atoms with E-state index in [2.05, 4.69) is 12.2 Å². The average Bonchev–Trinajstić information content (AvgIpc) is 3.43. The van der Waals surface area contributed by atoms with Gasteiger partial charge in [-0.1, -0.05) is 42.0 Å². The molecule has 4 aliphatic carbocycles. The zero-order chi connectivity index (χ0) is 17.6. The molecular weight excluding hydrogens is 340 g/mol. The predicted molar refractivity (Wildman–Crippen MR) is 92.6 cm³/mol. The van der Waals surface area contributed by atoms with Crippen molar-refractivity contribution in [2.24, 2.45) is 35.5 Å². The average molecular weight is 361 g/mol. The molecule has 0 amide bonds. The summed E-state index contributed by atoms with van der Waals surface area (Å²) in [5.74, 6) is -0.224. The maximum Gasteiger partial charge on any atom is 0.310 e. The molecule has 4 aliphatic rings. The van der Waals surface area contributed by atoms with Gasteiger partial charge in [-0.3, -0.25) is 9.59 Å². The molecule has 1 aromatic carbocycles. The van der Waals surface area contributed by atoms with E-state index < -0.39 is 11.8 Å². The molecule has 4 nitrogen and oxygen atoms in total. The summed E-state index contributed by atoms with van der Waals surface area (Å²) in [4.78, 5) is 25.4. The normalized spacial score (nSPS) is 34.3. The summed E-state index contributed by atoms with van der Waals surface area (Å²) >= 11 is 6.13. The third kappa shape index (κ3) is 2.86. The number of allylic oxidation sites excluding steroid dienone is 2. The van der Waals surface area contributed by atoms with Gasteiger partial charge in [-0.25, -0.2) is 0 Å². The number of halogens is 1. The first-order valence-corrected chi connectivity index (χ1v) is 9.24. The fourth-order valence-electron chi connectivity index (χ4n) is 4.62. The van der Waals surface area contributed by atoms with Crippen LogP contribution in [0.5, 0.6) is 0 Å². The lowest BCUT2D eigenvalue weighted by molar-refractivity contribution is -0.168. The summed E-state index contributed by atoms with van der Waals surface area (Å²) in [6.07, 6.45) is 5.31. The predicted octanol–water partition coefficient (Wildman–Crippen LogP) is 3.63. The van der Waals surface area contributed by atoms with Gasteiger partial charge in [-0.2, -0.15) is 0 Å². The van der Waals surface area contributed by atoms with Crippen LogP contribution < -0.4 is 0 Å². The lowest BCUT2D eigenvalue weighted by atomic mass is 9.62. The van der Waals surface area contributed by atoms with Crippen LogP contribution in [0.4, 0.5) is 0 Å². The minimum absolute atomic E-state index is 0.0863. The highest BCUT2D eigenvalue weighted by Gasteiger charge is 2.63. The smallest absolute Gasteiger partial charge is 0.310 e. The molecule has 0 radical (unpaired) electrons. The van der Waals surface area contributed by atoms with Crippen molar-refractivity contribution in [1.82, 2.24) is 0 Å². The molecule has 0 heterocycles. The van der Waals surface area contributed by atoms with E-state index in [-0.39, 0.29) is 30.4 Å². The number of hydrogen-bond acceptors (Lipinski definition) is 4. The van der Waals surface area contributed by atoms with Gasteiger partial charge >= 0.3 is 11.9 Å². The second-order valence-corrected chi connectivity index (χ2v) is 7.51. The molecule has 25 heavy (non-hydrogen) atoms. The molecule has 0 aromatic heterocycles. The van der Waals surface area contributed by atoms with Crippen molar-refractivity contribution < 1.29 is 19.1 Å². The molecule has 0 saturated heterocycles. The van der Waals surface area contributed by atoms with Gasteiger partial charge in [0, 0.05) is 10.6 Å². The lowest BCUT2D eigenvalue weighted by Gasteiger charge is -2.41. The summed E-state index contributed by atoms with van der Waals surface area (Å²) in [5, 5.41) is 0.574. The van der Waals surface area contributed by atoms with Crippen LogP contribution in [0.1, 0.15) is 18.9 Å². The monoisotopic (exact) mass is 360 g/mol. The number of esters is 2. The van der Waals surface area contributed by atoms with E-state index >= 15 is 0 Å². The number of hydrogen-bond donors (Lipinski definition) is 0. The minimum atomic E-state index is -0.444. The minimum Gasteiger partial charge on any atom is -0.466 e. The number of rotatable bonds is 5. The molecule has 0 N–H and O–H groups in total. The van der Waals surface area contributed by atoms with Crippen LogP contribution in [0.2, 0.25) is 5.02 Å². The van der Waals surface area contributed by atoms with Crippen LogP contribution >= 0.6 is 11.6 Å². The van der Waals surface area contributed by atoms with Gasteiger partial charge in [0.15, 0.2) is 0 Å². The first-order chi connectivity index (χ1) is 12.1. The summed E-state index contributed by atoms with van der Waals surface area (Å²) < 4.78 is 10.8. The Morgan fingerprint density at radius 3 is 2.24 bits per heavy atom. The van der Waals surface area contributed by atoms with Crippen molar-refractivity contribution in [3.63, 3.8) is 0 Å². The molecule has 5 rings (SSSR count). The topological polar surface area (TPSA) is 52.6 Å². The molecule has 1 aromatic rings. The van der Waals surface area contributed by atoms with Gasteiger partial charge < -0.3 is 9.47 Å². The van der Waals surface area contributed by atoms with Gasteiger partial charge in [0.25, 0.3) is 0 Å². The van der Waals surface area contributed by atoms with Gasteiger partial charge in [-0.05, 0) is 43.1 Å². The maximum atomic E-state index is 12.8. The van der Waals surface area contributed by atoms with E-state index in [0.717, 1.165) is 12.0 Å². The molecule has 0 unspecified atom stereocenters. The molecule has 6 atom stereocenters. The summed E-state index contributed by atoms with van der Waals surface area (Å²) in [6, 6.07) is 7.30. The lowest BCUT2D eigenvalue weighted by Crippen LogP contribution is -2.47. The number of carbonyl (C=O) groups is 2. The SMILES string of the molecule is CCOC(=O)[C@H]1[C@@H]2C=C[C@H]([C@H]3C[C@H]23)[C@@H]1C(=O)OCc1ccccc1Cl. The second kappa shape index (κ2) is 6.49. The molecule has 0 aliphatic heterocycles. The zero-order valence-electron chi connectivity index (χ0n) is 14.1. The van der Waals surface area contributed by atoms with Gasteiger partial charge in [-0.15, -0.1) is 0 Å². The highest BCUT2D eigenvalue weighted by molar-refractivity contribution is 6.31. The summed E-state index contributed by atoms with van der Waals surface area (Å²) in [7, 11) is 0. The Hall–Kier alpha value is -1.81. The van der Waals surface area contributed by atoms with Gasteiger partial charge in [0.05, 0.1) is 18.4 Å². The largest absolute Gasteiger partial charge is 0.466 e. The fourth-order valence-corrected chi connectivity index (χ4v) is 4.81. The molecule has 2 bridgehead atoms.